The van der Waals surface area contributed by atoms with Gasteiger partial charge >= 0.3 is 5.97 Å². The molecule has 0 amide bonds. The molecule has 2 N–H and O–H groups in total. The summed E-state index contributed by atoms with van der Waals surface area (Å²) in [5.41, 5.74) is 3.88. The number of rotatable bonds is 19. The third-order valence-electron chi connectivity index (χ3n) is 11.8. The molecule has 48 heavy (non-hydrogen) atoms. The van der Waals surface area contributed by atoms with Gasteiger partial charge in [0.05, 0.1) is 30.4 Å². The van der Waals surface area contributed by atoms with Gasteiger partial charge in [0.2, 0.25) is 0 Å². The summed E-state index contributed by atoms with van der Waals surface area (Å²) in [6.07, 6.45) is 19.7. The van der Waals surface area contributed by atoms with Crippen molar-refractivity contribution in [2.45, 2.75) is 135 Å². The van der Waals surface area contributed by atoms with Crippen LogP contribution in [0.1, 0.15) is 139 Å². The second-order valence-electron chi connectivity index (χ2n) is 15.5. The van der Waals surface area contributed by atoms with Crippen LogP contribution in [0.4, 0.5) is 0 Å². The van der Waals surface area contributed by atoms with Gasteiger partial charge in [-0.1, -0.05) is 76.6 Å². The predicted octanol–water partition coefficient (Wildman–Crippen LogP) is 11.1. The standard InChI is InChI=1S/C43H58O5/c1-3-5-6-7-8-11-21-48-41-38-26-36(43-27-30-22-31(28-43)24-32(23-30)29-43)19-18-35(38)25-39(47-20-12-9-10-13-37(44)4-2)40(41)33-14-16-34(17-15-33)42(45)46/h14-19,25-26,30-32,37,44H,3-13,20-24,27-29H2,1-2H3,(H,45,46). The monoisotopic (exact) mass is 654 g/mol. The summed E-state index contributed by atoms with van der Waals surface area (Å²) in [5.74, 6) is 3.36. The first-order valence-corrected chi connectivity index (χ1v) is 19.3. The lowest BCUT2D eigenvalue weighted by Gasteiger charge is -2.57. The average molecular weight is 655 g/mol. The van der Waals surface area contributed by atoms with Crippen molar-refractivity contribution in [2.24, 2.45) is 17.8 Å². The van der Waals surface area contributed by atoms with Crippen molar-refractivity contribution < 1.29 is 24.5 Å². The van der Waals surface area contributed by atoms with E-state index in [0.29, 0.717) is 13.2 Å². The molecular weight excluding hydrogens is 596 g/mol. The minimum Gasteiger partial charge on any atom is -0.493 e. The van der Waals surface area contributed by atoms with Gasteiger partial charge in [-0.05, 0) is 135 Å². The van der Waals surface area contributed by atoms with Gasteiger partial charge in [0, 0.05) is 5.39 Å². The lowest BCUT2D eigenvalue weighted by Crippen LogP contribution is -2.48. The highest BCUT2D eigenvalue weighted by molar-refractivity contribution is 5.99. The summed E-state index contributed by atoms with van der Waals surface area (Å²) in [5, 5.41) is 21.9. The van der Waals surface area contributed by atoms with Gasteiger partial charge in [-0.15, -0.1) is 0 Å². The summed E-state index contributed by atoms with van der Waals surface area (Å²) in [7, 11) is 0. The second kappa shape index (κ2) is 16.1. The molecule has 0 spiro atoms. The number of hydrogen-bond acceptors (Lipinski definition) is 4. The Balaban J connectivity index is 1.35. The third-order valence-corrected chi connectivity index (χ3v) is 11.8. The number of fused-ring (bicyclic) bond motifs is 1. The van der Waals surface area contributed by atoms with Gasteiger partial charge in [-0.2, -0.15) is 0 Å². The Kier molecular flexibility index (Phi) is 11.7. The van der Waals surface area contributed by atoms with E-state index in [1.807, 2.05) is 19.1 Å². The Bertz CT molecular complexity index is 1470. The summed E-state index contributed by atoms with van der Waals surface area (Å²) in [4.78, 5) is 11.8. The number of unbranched alkanes of at least 4 members (excludes halogenated alkanes) is 7. The number of aliphatic hydroxyl groups excluding tert-OH is 1. The number of aromatic carboxylic acids is 1. The van der Waals surface area contributed by atoms with Gasteiger partial charge in [0.15, 0.2) is 0 Å². The zero-order valence-electron chi connectivity index (χ0n) is 29.5. The van der Waals surface area contributed by atoms with Crippen LogP contribution in [0, 0.1) is 17.8 Å². The summed E-state index contributed by atoms with van der Waals surface area (Å²) >= 11 is 0. The van der Waals surface area contributed by atoms with Gasteiger partial charge < -0.3 is 19.7 Å². The maximum absolute atomic E-state index is 11.8. The molecule has 260 valence electrons. The third kappa shape index (κ3) is 8.04. The van der Waals surface area contributed by atoms with E-state index in [1.54, 1.807) is 12.1 Å². The van der Waals surface area contributed by atoms with Crippen LogP contribution in [0.25, 0.3) is 21.9 Å². The largest absolute Gasteiger partial charge is 0.493 e. The smallest absolute Gasteiger partial charge is 0.335 e. The molecule has 0 heterocycles. The van der Waals surface area contributed by atoms with Crippen LogP contribution in [0.3, 0.4) is 0 Å². The maximum Gasteiger partial charge on any atom is 0.335 e. The van der Waals surface area contributed by atoms with E-state index in [9.17, 15) is 15.0 Å². The molecule has 1 atom stereocenters. The molecule has 5 heteroatoms. The van der Waals surface area contributed by atoms with Crippen LogP contribution in [-0.4, -0.2) is 35.5 Å². The number of carboxylic acid groups (broad SMARTS) is 1. The first-order valence-electron chi connectivity index (χ1n) is 19.3. The molecule has 0 saturated heterocycles. The molecule has 3 aromatic carbocycles. The average Bonchev–Trinajstić information content (AvgIpc) is 3.08. The predicted molar refractivity (Wildman–Crippen MR) is 195 cm³/mol. The van der Waals surface area contributed by atoms with Crippen LogP contribution < -0.4 is 9.47 Å². The van der Waals surface area contributed by atoms with E-state index < -0.39 is 5.97 Å². The zero-order valence-corrected chi connectivity index (χ0v) is 29.5. The highest BCUT2D eigenvalue weighted by Gasteiger charge is 2.51. The minimum absolute atomic E-state index is 0.221. The molecule has 0 aliphatic heterocycles. The number of ether oxygens (including phenoxy) is 2. The Morgan fingerprint density at radius 1 is 0.792 bits per heavy atom. The normalized spacial score (nSPS) is 23.4. The lowest BCUT2D eigenvalue weighted by atomic mass is 9.48. The minimum atomic E-state index is -0.926. The lowest BCUT2D eigenvalue weighted by molar-refractivity contribution is -0.00513. The molecule has 0 aromatic heterocycles. The van der Waals surface area contributed by atoms with E-state index in [-0.39, 0.29) is 17.1 Å². The Morgan fingerprint density at radius 2 is 1.42 bits per heavy atom. The number of hydrogen-bond donors (Lipinski definition) is 2. The van der Waals surface area contributed by atoms with Crippen LogP contribution >= 0.6 is 0 Å². The van der Waals surface area contributed by atoms with E-state index in [4.69, 9.17) is 9.47 Å². The fourth-order valence-corrected chi connectivity index (χ4v) is 9.55. The molecule has 0 radical (unpaired) electrons. The van der Waals surface area contributed by atoms with Crippen molar-refractivity contribution in [3.05, 3.63) is 59.7 Å². The first kappa shape index (κ1) is 34.8. The Labute approximate surface area is 288 Å². The zero-order chi connectivity index (χ0) is 33.5. The summed E-state index contributed by atoms with van der Waals surface area (Å²) < 4.78 is 13.5. The van der Waals surface area contributed by atoms with Crippen LogP contribution in [0.2, 0.25) is 0 Å². The van der Waals surface area contributed by atoms with E-state index in [2.05, 4.69) is 31.2 Å². The Morgan fingerprint density at radius 3 is 2.06 bits per heavy atom. The number of aliphatic hydroxyl groups is 1. The molecule has 1 unspecified atom stereocenters. The number of carbonyl (C=O) groups is 1. The maximum atomic E-state index is 11.8. The molecule has 4 aliphatic rings. The van der Waals surface area contributed by atoms with Gasteiger partial charge in [-0.25, -0.2) is 4.79 Å². The van der Waals surface area contributed by atoms with Crippen molar-refractivity contribution in [3.63, 3.8) is 0 Å². The number of benzene rings is 3. The van der Waals surface area contributed by atoms with Crippen molar-refractivity contribution in [2.75, 3.05) is 13.2 Å². The topological polar surface area (TPSA) is 76.0 Å². The first-order chi connectivity index (χ1) is 23.4. The van der Waals surface area contributed by atoms with E-state index in [0.717, 1.165) is 96.1 Å². The van der Waals surface area contributed by atoms with Gasteiger partial charge in [0.1, 0.15) is 11.5 Å². The molecule has 7 rings (SSSR count). The highest BCUT2D eigenvalue weighted by atomic mass is 16.5. The fraction of sp³-hybridized carbons (Fsp3) is 0.605. The fourth-order valence-electron chi connectivity index (χ4n) is 9.55. The number of carboxylic acids is 1. The highest BCUT2D eigenvalue weighted by Crippen LogP contribution is 2.61. The SMILES string of the molecule is CCCCCCCCOc1c(-c2ccc(C(=O)O)cc2)c(OCCCCCC(O)CC)cc2ccc(C34CC5CC(CC(C5)C3)C4)cc12. The van der Waals surface area contributed by atoms with Gasteiger partial charge in [-0.3, -0.25) is 0 Å². The second-order valence-corrected chi connectivity index (χ2v) is 15.5. The molecule has 4 saturated carbocycles. The quantitative estimate of drug-likeness (QED) is 0.126. The van der Waals surface area contributed by atoms with Crippen molar-refractivity contribution >= 4 is 16.7 Å². The van der Waals surface area contributed by atoms with Crippen LogP contribution in [0.15, 0.2) is 48.5 Å². The molecular formula is C43H58O5. The molecule has 4 fully saturated rings. The van der Waals surface area contributed by atoms with Crippen molar-refractivity contribution in [1.29, 1.82) is 0 Å². The Hall–Kier alpha value is -3.05. The summed E-state index contributed by atoms with van der Waals surface area (Å²) in [6.45, 7) is 5.50. The molecule has 3 aromatic rings. The molecule has 4 bridgehead atoms. The molecule has 4 aliphatic carbocycles. The van der Waals surface area contributed by atoms with Crippen LogP contribution in [0.5, 0.6) is 11.5 Å². The van der Waals surface area contributed by atoms with E-state index in [1.165, 1.54) is 69.8 Å². The van der Waals surface area contributed by atoms with Crippen molar-refractivity contribution in [1.82, 2.24) is 0 Å². The van der Waals surface area contributed by atoms with E-state index >= 15 is 0 Å². The summed E-state index contributed by atoms with van der Waals surface area (Å²) in [6, 6.07) is 16.5. The van der Waals surface area contributed by atoms with Crippen LogP contribution in [-0.2, 0) is 5.41 Å². The molecule has 5 nitrogen and oxygen atoms in total. The van der Waals surface area contributed by atoms with Crippen molar-refractivity contribution in [3.8, 4) is 22.6 Å². The van der Waals surface area contributed by atoms with Gasteiger partial charge in [0.25, 0.3) is 0 Å².